The summed E-state index contributed by atoms with van der Waals surface area (Å²) in [6.45, 7) is 8.54. The monoisotopic (exact) mass is 285 g/mol. The van der Waals surface area contributed by atoms with Crippen LogP contribution in [-0.4, -0.2) is 24.1 Å². The molecule has 0 aliphatic carbocycles. The van der Waals surface area contributed by atoms with Crippen LogP contribution in [0.5, 0.6) is 0 Å². The van der Waals surface area contributed by atoms with E-state index in [1.807, 2.05) is 12.3 Å². The molecule has 0 aliphatic rings. The van der Waals surface area contributed by atoms with Gasteiger partial charge in [0, 0.05) is 24.2 Å². The van der Waals surface area contributed by atoms with Crippen molar-refractivity contribution in [3.05, 3.63) is 36.0 Å². The van der Waals surface area contributed by atoms with Crippen LogP contribution in [0, 0.1) is 6.92 Å². The van der Waals surface area contributed by atoms with Gasteiger partial charge < -0.3 is 10.6 Å². The number of hydrogen-bond acceptors (Lipinski definition) is 3. The third kappa shape index (κ3) is 3.73. The Balaban J connectivity index is 2.33. The molecule has 0 atom stereocenters. The minimum atomic E-state index is 0.467. The summed E-state index contributed by atoms with van der Waals surface area (Å²) in [4.78, 5) is 7.12. The molecule has 0 unspecified atom stereocenters. The average molecular weight is 285 g/mol. The fraction of sp³-hybridized carbons (Fsp3) is 0.500. The van der Waals surface area contributed by atoms with Gasteiger partial charge in [-0.05, 0) is 51.8 Å². The van der Waals surface area contributed by atoms with Crippen LogP contribution in [0.4, 0.5) is 5.69 Å². The van der Waals surface area contributed by atoms with Crippen molar-refractivity contribution in [2.24, 2.45) is 5.73 Å². The number of anilines is 1. The van der Waals surface area contributed by atoms with Crippen LogP contribution in [0.1, 0.15) is 38.7 Å². The highest BCUT2D eigenvalue weighted by molar-refractivity contribution is 5.92. The van der Waals surface area contributed by atoms with Crippen molar-refractivity contribution in [3.8, 4) is 0 Å². The van der Waals surface area contributed by atoms with E-state index in [1.165, 1.54) is 29.5 Å². The average Bonchev–Trinajstić information content (AvgIpc) is 2.48. The summed E-state index contributed by atoms with van der Waals surface area (Å²) in [5.74, 6) is 0. The Morgan fingerprint density at radius 3 is 2.67 bits per heavy atom. The maximum absolute atomic E-state index is 5.59. The number of unbranched alkanes of at least 4 members (excludes halogenated alkanes) is 2. The molecule has 2 N–H and O–H groups in total. The maximum atomic E-state index is 5.59. The summed E-state index contributed by atoms with van der Waals surface area (Å²) in [6, 6.07) is 8.97. The van der Waals surface area contributed by atoms with Gasteiger partial charge in [-0.25, -0.2) is 0 Å². The Labute approximate surface area is 128 Å². The van der Waals surface area contributed by atoms with Gasteiger partial charge >= 0.3 is 0 Å². The predicted octanol–water partition coefficient (Wildman–Crippen LogP) is 3.89. The number of benzene rings is 1. The molecule has 2 rings (SSSR count). The van der Waals surface area contributed by atoms with Gasteiger partial charge in [0.05, 0.1) is 11.2 Å². The fourth-order valence-electron chi connectivity index (χ4n) is 2.82. The lowest BCUT2D eigenvalue weighted by molar-refractivity contribution is 0.616. The number of nitrogens with zero attached hydrogens (tertiary/aromatic N) is 2. The molecule has 0 amide bonds. The summed E-state index contributed by atoms with van der Waals surface area (Å²) >= 11 is 0. The molecule has 2 aromatic rings. The van der Waals surface area contributed by atoms with Crippen molar-refractivity contribution in [1.82, 2.24) is 4.98 Å². The van der Waals surface area contributed by atoms with Crippen molar-refractivity contribution in [3.63, 3.8) is 0 Å². The van der Waals surface area contributed by atoms with Crippen LogP contribution in [0.15, 0.2) is 30.5 Å². The van der Waals surface area contributed by atoms with Crippen molar-refractivity contribution in [2.75, 3.05) is 18.0 Å². The molecular formula is C18H27N3. The zero-order chi connectivity index (χ0) is 15.2. The first kappa shape index (κ1) is 15.8. The third-order valence-corrected chi connectivity index (χ3v) is 3.96. The van der Waals surface area contributed by atoms with E-state index in [9.17, 15) is 0 Å². The zero-order valence-corrected chi connectivity index (χ0v) is 13.5. The van der Waals surface area contributed by atoms with E-state index in [1.54, 1.807) is 0 Å². The van der Waals surface area contributed by atoms with Gasteiger partial charge in [0.15, 0.2) is 0 Å². The van der Waals surface area contributed by atoms with E-state index in [0.29, 0.717) is 6.04 Å². The summed E-state index contributed by atoms with van der Waals surface area (Å²) in [5, 5.41) is 1.21. The zero-order valence-electron chi connectivity index (χ0n) is 13.5. The van der Waals surface area contributed by atoms with Crippen LogP contribution in [0.25, 0.3) is 10.9 Å². The first-order valence-corrected chi connectivity index (χ1v) is 7.96. The molecule has 0 spiro atoms. The highest BCUT2D eigenvalue weighted by Gasteiger charge is 2.16. The Morgan fingerprint density at radius 2 is 1.95 bits per heavy atom. The molecule has 0 saturated carbocycles. The van der Waals surface area contributed by atoms with Crippen molar-refractivity contribution in [1.29, 1.82) is 0 Å². The second-order valence-corrected chi connectivity index (χ2v) is 5.94. The molecule has 21 heavy (non-hydrogen) atoms. The Bertz CT molecular complexity index is 578. The molecule has 0 bridgehead atoms. The number of pyridine rings is 1. The lowest BCUT2D eigenvalue weighted by Gasteiger charge is -2.31. The highest BCUT2D eigenvalue weighted by Crippen LogP contribution is 2.30. The minimum Gasteiger partial charge on any atom is -0.367 e. The third-order valence-electron chi connectivity index (χ3n) is 3.96. The Kier molecular flexibility index (Phi) is 5.57. The predicted molar refractivity (Wildman–Crippen MR) is 91.9 cm³/mol. The second-order valence-electron chi connectivity index (χ2n) is 5.94. The number of aromatic nitrogens is 1. The molecule has 0 saturated heterocycles. The van der Waals surface area contributed by atoms with Crippen LogP contribution in [0.2, 0.25) is 0 Å². The molecule has 1 aromatic carbocycles. The van der Waals surface area contributed by atoms with E-state index in [-0.39, 0.29) is 0 Å². The molecule has 0 radical (unpaired) electrons. The van der Waals surface area contributed by atoms with E-state index in [4.69, 9.17) is 5.73 Å². The molecule has 3 nitrogen and oxygen atoms in total. The maximum Gasteiger partial charge on any atom is 0.0938 e. The van der Waals surface area contributed by atoms with Crippen LogP contribution < -0.4 is 10.6 Å². The van der Waals surface area contributed by atoms with E-state index < -0.39 is 0 Å². The summed E-state index contributed by atoms with van der Waals surface area (Å²) in [6.07, 6.45) is 5.37. The van der Waals surface area contributed by atoms with Crippen molar-refractivity contribution in [2.45, 2.75) is 46.1 Å². The topological polar surface area (TPSA) is 42.2 Å². The number of rotatable bonds is 7. The van der Waals surface area contributed by atoms with E-state index in [0.717, 1.165) is 25.0 Å². The van der Waals surface area contributed by atoms with E-state index in [2.05, 4.69) is 48.9 Å². The highest BCUT2D eigenvalue weighted by atomic mass is 15.2. The Morgan fingerprint density at radius 1 is 1.14 bits per heavy atom. The van der Waals surface area contributed by atoms with Gasteiger partial charge in [0.1, 0.15) is 0 Å². The molecule has 0 fully saturated rings. The number of aryl methyl sites for hydroxylation is 1. The summed E-state index contributed by atoms with van der Waals surface area (Å²) < 4.78 is 0. The molecular weight excluding hydrogens is 258 g/mol. The normalized spacial score (nSPS) is 11.3. The van der Waals surface area contributed by atoms with Crippen molar-refractivity contribution < 1.29 is 0 Å². The lowest BCUT2D eigenvalue weighted by atomic mass is 10.1. The van der Waals surface area contributed by atoms with Gasteiger partial charge in [-0.1, -0.05) is 24.6 Å². The number of nitrogens with two attached hydrogens (primary N) is 1. The first-order chi connectivity index (χ1) is 10.1. The number of hydrogen-bond donors (Lipinski definition) is 1. The Hall–Kier alpha value is -1.61. The molecule has 114 valence electrons. The number of fused-ring (bicyclic) bond motifs is 1. The van der Waals surface area contributed by atoms with Crippen molar-refractivity contribution >= 4 is 16.6 Å². The minimum absolute atomic E-state index is 0.467. The lowest BCUT2D eigenvalue weighted by Crippen LogP contribution is -2.32. The van der Waals surface area contributed by atoms with Gasteiger partial charge in [0.25, 0.3) is 0 Å². The second kappa shape index (κ2) is 7.41. The quantitative estimate of drug-likeness (QED) is 0.785. The van der Waals surface area contributed by atoms with Gasteiger partial charge in [0.2, 0.25) is 0 Å². The van der Waals surface area contributed by atoms with Crippen LogP contribution >= 0.6 is 0 Å². The van der Waals surface area contributed by atoms with E-state index >= 15 is 0 Å². The molecule has 1 heterocycles. The van der Waals surface area contributed by atoms with Gasteiger partial charge in [-0.15, -0.1) is 0 Å². The summed E-state index contributed by atoms with van der Waals surface area (Å²) in [7, 11) is 0. The fourth-order valence-corrected chi connectivity index (χ4v) is 2.82. The molecule has 3 heteroatoms. The SMILES string of the molecule is Cc1ccc2cccnc2c1N(CCCCCN)C(C)C. The first-order valence-electron chi connectivity index (χ1n) is 7.96. The largest absolute Gasteiger partial charge is 0.367 e. The van der Waals surface area contributed by atoms with Crippen LogP contribution in [0.3, 0.4) is 0 Å². The van der Waals surface area contributed by atoms with Gasteiger partial charge in [-0.2, -0.15) is 0 Å². The summed E-state index contributed by atoms with van der Waals surface area (Å²) in [5.41, 5.74) is 9.29. The smallest absolute Gasteiger partial charge is 0.0938 e. The van der Waals surface area contributed by atoms with Gasteiger partial charge in [-0.3, -0.25) is 4.98 Å². The standard InChI is InChI=1S/C18H27N3/c1-14(2)21(13-6-4-5-11-19)18-15(3)9-10-16-8-7-12-20-17(16)18/h7-10,12,14H,4-6,11,13,19H2,1-3H3. The molecule has 0 aliphatic heterocycles. The van der Waals surface area contributed by atoms with Crippen LogP contribution in [-0.2, 0) is 0 Å². The molecule has 1 aromatic heterocycles.